The topological polar surface area (TPSA) is 60.5 Å². The van der Waals surface area contributed by atoms with Crippen LogP contribution in [0.25, 0.3) is 10.6 Å². The lowest BCUT2D eigenvalue weighted by atomic mass is 10.1. The summed E-state index contributed by atoms with van der Waals surface area (Å²) in [6.07, 6.45) is 1.04. The lowest BCUT2D eigenvalue weighted by molar-refractivity contribution is -0.116. The Hall–Kier alpha value is -2.38. The van der Waals surface area contributed by atoms with E-state index in [1.165, 1.54) is 16.2 Å². The predicted octanol–water partition coefficient (Wildman–Crippen LogP) is 4.52. The van der Waals surface area contributed by atoms with Crippen LogP contribution in [-0.4, -0.2) is 24.1 Å². The minimum absolute atomic E-state index is 0.0388. The molecule has 3 heterocycles. The van der Waals surface area contributed by atoms with Crippen LogP contribution in [0.1, 0.15) is 16.9 Å². The van der Waals surface area contributed by atoms with E-state index in [2.05, 4.69) is 29.4 Å². The number of thiazole rings is 1. The summed E-state index contributed by atoms with van der Waals surface area (Å²) >= 11 is 3.15. The third-order valence-corrected chi connectivity index (χ3v) is 5.77. The molecule has 0 radical (unpaired) electrons. The summed E-state index contributed by atoms with van der Waals surface area (Å²) in [5.41, 5.74) is 1.97. The number of ether oxygens (including phenoxy) is 2. The zero-order valence-electron chi connectivity index (χ0n) is 14.3. The Morgan fingerprint density at radius 3 is 2.85 bits per heavy atom. The zero-order chi connectivity index (χ0) is 17.9. The number of hydrogen-bond donors (Lipinski definition) is 1. The molecule has 4 rings (SSSR count). The van der Waals surface area contributed by atoms with E-state index in [0.29, 0.717) is 31.2 Å². The van der Waals surface area contributed by atoms with Gasteiger partial charge in [0.15, 0.2) is 16.6 Å². The molecule has 134 valence electrons. The second-order valence-electron chi connectivity index (χ2n) is 5.97. The molecular weight excluding hydrogens is 368 g/mol. The third kappa shape index (κ3) is 3.89. The molecule has 5 nitrogen and oxygen atoms in total. The monoisotopic (exact) mass is 386 g/mol. The van der Waals surface area contributed by atoms with Gasteiger partial charge in [-0.25, -0.2) is 4.98 Å². The molecule has 1 N–H and O–H groups in total. The summed E-state index contributed by atoms with van der Waals surface area (Å²) in [6, 6.07) is 9.95. The van der Waals surface area contributed by atoms with Gasteiger partial charge in [0, 0.05) is 16.7 Å². The molecule has 0 saturated carbocycles. The highest BCUT2D eigenvalue weighted by atomic mass is 32.1. The van der Waals surface area contributed by atoms with Gasteiger partial charge < -0.3 is 14.8 Å². The highest BCUT2D eigenvalue weighted by Gasteiger charge is 2.13. The average molecular weight is 386 g/mol. The first-order chi connectivity index (χ1) is 12.7. The molecule has 0 unspecified atom stereocenters. The summed E-state index contributed by atoms with van der Waals surface area (Å²) in [6.45, 7) is 3.21. The van der Waals surface area contributed by atoms with Crippen molar-refractivity contribution < 1.29 is 14.3 Å². The molecule has 7 heteroatoms. The van der Waals surface area contributed by atoms with Gasteiger partial charge in [-0.05, 0) is 43.2 Å². The molecular formula is C19H18N2O3S2. The number of aromatic nitrogens is 1. The van der Waals surface area contributed by atoms with Crippen molar-refractivity contribution in [2.24, 2.45) is 0 Å². The number of benzene rings is 1. The smallest absolute Gasteiger partial charge is 0.226 e. The van der Waals surface area contributed by atoms with E-state index >= 15 is 0 Å². The molecule has 0 saturated heterocycles. The molecule has 1 amide bonds. The SMILES string of the molecule is Cc1ccc(-c2csc(NC(=O)CCc3ccc4c(c3)OCCO4)n2)s1. The van der Waals surface area contributed by atoms with Gasteiger partial charge in [-0.2, -0.15) is 0 Å². The van der Waals surface area contributed by atoms with E-state index in [4.69, 9.17) is 9.47 Å². The molecule has 1 aliphatic heterocycles. The number of aryl methyl sites for hydroxylation is 2. The van der Waals surface area contributed by atoms with Crippen LogP contribution in [0, 0.1) is 6.92 Å². The number of carbonyl (C=O) groups excluding carboxylic acids is 1. The lowest BCUT2D eigenvalue weighted by Crippen LogP contribution is -2.15. The van der Waals surface area contributed by atoms with Crippen LogP contribution < -0.4 is 14.8 Å². The van der Waals surface area contributed by atoms with Crippen LogP contribution in [-0.2, 0) is 11.2 Å². The second-order valence-corrected chi connectivity index (χ2v) is 8.12. The maximum atomic E-state index is 12.2. The first-order valence-electron chi connectivity index (χ1n) is 8.38. The molecule has 3 aromatic rings. The molecule has 0 fully saturated rings. The highest BCUT2D eigenvalue weighted by Crippen LogP contribution is 2.32. The van der Waals surface area contributed by atoms with Crippen LogP contribution in [0.15, 0.2) is 35.7 Å². The summed E-state index contributed by atoms with van der Waals surface area (Å²) < 4.78 is 11.1. The fourth-order valence-electron chi connectivity index (χ4n) is 2.70. The number of nitrogens with zero attached hydrogens (tertiary/aromatic N) is 1. The summed E-state index contributed by atoms with van der Waals surface area (Å²) in [7, 11) is 0. The van der Waals surface area contributed by atoms with Crippen LogP contribution >= 0.6 is 22.7 Å². The van der Waals surface area contributed by atoms with Crippen LogP contribution in [0.3, 0.4) is 0 Å². The van der Waals surface area contributed by atoms with Gasteiger partial charge >= 0.3 is 0 Å². The largest absolute Gasteiger partial charge is 0.486 e. The Labute approximate surface area is 159 Å². The fourth-order valence-corrected chi connectivity index (χ4v) is 4.33. The predicted molar refractivity (Wildman–Crippen MR) is 105 cm³/mol. The van der Waals surface area contributed by atoms with Crippen molar-refractivity contribution in [2.75, 3.05) is 18.5 Å². The number of carbonyl (C=O) groups is 1. The van der Waals surface area contributed by atoms with Gasteiger partial charge in [0.05, 0.1) is 10.6 Å². The van der Waals surface area contributed by atoms with Gasteiger partial charge in [-0.15, -0.1) is 22.7 Å². The van der Waals surface area contributed by atoms with Crippen molar-refractivity contribution in [2.45, 2.75) is 19.8 Å². The molecule has 2 aromatic heterocycles. The van der Waals surface area contributed by atoms with E-state index in [1.807, 2.05) is 23.6 Å². The Bertz CT molecular complexity index is 933. The fraction of sp³-hybridized carbons (Fsp3) is 0.263. The van der Waals surface area contributed by atoms with E-state index in [1.54, 1.807) is 11.3 Å². The molecule has 0 aliphatic carbocycles. The van der Waals surface area contributed by atoms with Gasteiger partial charge in [0.1, 0.15) is 13.2 Å². The molecule has 0 spiro atoms. The van der Waals surface area contributed by atoms with Crippen molar-refractivity contribution in [3.8, 4) is 22.1 Å². The van der Waals surface area contributed by atoms with E-state index < -0.39 is 0 Å². The number of thiophene rings is 1. The first kappa shape index (κ1) is 17.1. The summed E-state index contributed by atoms with van der Waals surface area (Å²) in [5, 5.41) is 5.50. The summed E-state index contributed by atoms with van der Waals surface area (Å²) in [5.74, 6) is 1.48. The van der Waals surface area contributed by atoms with E-state index in [9.17, 15) is 4.79 Å². The van der Waals surface area contributed by atoms with Gasteiger partial charge in [0.2, 0.25) is 5.91 Å². The Kier molecular flexibility index (Phi) is 4.90. The maximum Gasteiger partial charge on any atom is 0.226 e. The van der Waals surface area contributed by atoms with E-state index in [0.717, 1.165) is 27.6 Å². The Balaban J connectivity index is 1.34. The van der Waals surface area contributed by atoms with Crippen LogP contribution in [0.5, 0.6) is 11.5 Å². The number of amides is 1. The normalized spacial score (nSPS) is 12.8. The standard InChI is InChI=1S/C19H18N2O3S2/c1-12-2-6-17(26-12)14-11-25-19(20-14)21-18(22)7-4-13-3-5-15-16(10-13)24-9-8-23-15/h2-3,5-6,10-11H,4,7-9H2,1H3,(H,20,21,22). The number of rotatable bonds is 5. The maximum absolute atomic E-state index is 12.2. The second kappa shape index (κ2) is 7.47. The summed E-state index contributed by atoms with van der Waals surface area (Å²) in [4.78, 5) is 19.1. The Morgan fingerprint density at radius 2 is 2.04 bits per heavy atom. The number of anilines is 1. The molecule has 1 aromatic carbocycles. The van der Waals surface area contributed by atoms with Crippen molar-refractivity contribution in [3.05, 3.63) is 46.2 Å². The molecule has 0 atom stereocenters. The minimum Gasteiger partial charge on any atom is -0.486 e. The Morgan fingerprint density at radius 1 is 1.19 bits per heavy atom. The molecule has 1 aliphatic rings. The lowest BCUT2D eigenvalue weighted by Gasteiger charge is -2.18. The van der Waals surface area contributed by atoms with E-state index in [-0.39, 0.29) is 5.91 Å². The molecule has 26 heavy (non-hydrogen) atoms. The highest BCUT2D eigenvalue weighted by molar-refractivity contribution is 7.17. The third-order valence-electron chi connectivity index (χ3n) is 3.99. The number of fused-ring (bicyclic) bond motifs is 1. The minimum atomic E-state index is -0.0388. The van der Waals surface area contributed by atoms with Gasteiger partial charge in [0.25, 0.3) is 0 Å². The van der Waals surface area contributed by atoms with Crippen molar-refractivity contribution in [1.82, 2.24) is 4.98 Å². The number of hydrogen-bond acceptors (Lipinski definition) is 6. The van der Waals surface area contributed by atoms with Crippen LogP contribution in [0.4, 0.5) is 5.13 Å². The number of nitrogens with one attached hydrogen (secondary N) is 1. The van der Waals surface area contributed by atoms with Crippen molar-refractivity contribution in [3.63, 3.8) is 0 Å². The molecule has 0 bridgehead atoms. The zero-order valence-corrected chi connectivity index (χ0v) is 15.9. The quantitative estimate of drug-likeness (QED) is 0.700. The van der Waals surface area contributed by atoms with Gasteiger partial charge in [-0.3, -0.25) is 4.79 Å². The van der Waals surface area contributed by atoms with Crippen molar-refractivity contribution >= 4 is 33.7 Å². The average Bonchev–Trinajstić information content (AvgIpc) is 3.28. The van der Waals surface area contributed by atoms with Crippen molar-refractivity contribution in [1.29, 1.82) is 0 Å². The van der Waals surface area contributed by atoms with Crippen LogP contribution in [0.2, 0.25) is 0 Å². The van der Waals surface area contributed by atoms with Gasteiger partial charge in [-0.1, -0.05) is 6.07 Å². The first-order valence-corrected chi connectivity index (χ1v) is 10.1.